The van der Waals surface area contributed by atoms with E-state index in [9.17, 15) is 0 Å². The van der Waals surface area contributed by atoms with Gasteiger partial charge in [0.15, 0.2) is 0 Å². The fourth-order valence-electron chi connectivity index (χ4n) is 1.72. The number of rotatable bonds is 5. The molecule has 0 unspecified atom stereocenters. The second-order valence-corrected chi connectivity index (χ2v) is 3.91. The third-order valence-electron chi connectivity index (χ3n) is 2.53. The predicted molar refractivity (Wildman–Crippen MR) is 69.8 cm³/mol. The molecule has 1 aromatic carbocycles. The molecular formula is C14H20N2. The van der Waals surface area contributed by atoms with Gasteiger partial charge in [0, 0.05) is 29.1 Å². The van der Waals surface area contributed by atoms with Crippen LogP contribution in [0.5, 0.6) is 0 Å². The Hall–Kier alpha value is -1.28. The minimum absolute atomic E-state index is 0.362. The Morgan fingerprint density at radius 3 is 3.00 bits per heavy atom. The van der Waals surface area contributed by atoms with Gasteiger partial charge in [-0.1, -0.05) is 25.1 Å². The Labute approximate surface area is 103 Å². The van der Waals surface area contributed by atoms with Gasteiger partial charge < -0.3 is 9.88 Å². The van der Waals surface area contributed by atoms with Crippen LogP contribution < -0.4 is 0 Å². The molecule has 0 bridgehead atoms. The van der Waals surface area contributed by atoms with Crippen molar-refractivity contribution < 1.29 is 5.48 Å². The molecule has 0 saturated carbocycles. The van der Waals surface area contributed by atoms with Gasteiger partial charge >= 0.3 is 0 Å². The lowest BCUT2D eigenvalue weighted by Gasteiger charge is -2.14. The molecule has 1 heterocycles. The average molecular weight is 220 g/mol. The molecule has 0 radical (unpaired) electrons. The minimum Gasteiger partial charge on any atom is -0.361 e. The quantitative estimate of drug-likeness (QED) is 0.820. The molecule has 0 aliphatic heterocycles. The molecule has 16 heavy (non-hydrogen) atoms. The van der Waals surface area contributed by atoms with E-state index in [2.05, 4.69) is 4.98 Å². The molecule has 0 atom stereocenters. The molecule has 2 aromatic rings. The van der Waals surface area contributed by atoms with E-state index >= 15 is 0 Å². The van der Waals surface area contributed by atoms with Crippen LogP contribution >= 0.6 is 0 Å². The van der Waals surface area contributed by atoms with Gasteiger partial charge in [-0.3, -0.25) is 0 Å². The van der Waals surface area contributed by atoms with E-state index in [0.29, 0.717) is 12.1 Å². The van der Waals surface area contributed by atoms with E-state index in [4.69, 9.17) is 5.48 Å². The number of para-hydroxylation sites is 1. The molecule has 2 heteroatoms. The topological polar surface area (TPSA) is 19.0 Å². The van der Waals surface area contributed by atoms with E-state index < -0.39 is 12.9 Å². The van der Waals surface area contributed by atoms with Crippen molar-refractivity contribution in [2.24, 2.45) is 0 Å². The lowest BCUT2D eigenvalue weighted by Crippen LogP contribution is -2.21. The number of likely N-dealkylation sites (N-methyl/N-ethyl adjacent to an activating group) is 1. The van der Waals surface area contributed by atoms with Gasteiger partial charge in [0.25, 0.3) is 0 Å². The molecule has 0 aliphatic carbocycles. The van der Waals surface area contributed by atoms with Crippen molar-refractivity contribution in [3.63, 3.8) is 0 Å². The fraction of sp³-hybridized carbons (Fsp3) is 0.429. The van der Waals surface area contributed by atoms with E-state index in [1.54, 1.807) is 13.2 Å². The van der Waals surface area contributed by atoms with Crippen molar-refractivity contribution in [2.45, 2.75) is 19.7 Å². The summed E-state index contributed by atoms with van der Waals surface area (Å²) < 4.78 is 33.0. The van der Waals surface area contributed by atoms with Gasteiger partial charge in [0.2, 0.25) is 0 Å². The Kier molecular flexibility index (Phi) is 2.30. The van der Waals surface area contributed by atoms with Crippen LogP contribution in [0.25, 0.3) is 10.9 Å². The summed E-state index contributed by atoms with van der Waals surface area (Å²) in [5.41, 5.74) is 1.18. The highest BCUT2D eigenvalue weighted by atomic mass is 15.1. The van der Waals surface area contributed by atoms with Gasteiger partial charge in [-0.15, -0.1) is 0 Å². The van der Waals surface area contributed by atoms with Crippen LogP contribution in [-0.2, 0) is 6.37 Å². The molecule has 1 aromatic heterocycles. The summed E-state index contributed by atoms with van der Waals surface area (Å²) in [6.07, 6.45) is 0.249. The number of benzene rings is 1. The summed E-state index contributed by atoms with van der Waals surface area (Å²) >= 11 is 0. The van der Waals surface area contributed by atoms with Crippen molar-refractivity contribution in [1.29, 1.82) is 0 Å². The summed E-state index contributed by atoms with van der Waals surface area (Å²) in [6.45, 7) is 0.386. The smallest absolute Gasteiger partial charge is 0.0456 e. The zero-order chi connectivity index (χ0) is 15.0. The standard InChI is InChI=1S/C14H20N2/c1-3-9-16(2)10-8-12-11-15-14-7-5-4-6-13(12)14/h4-7,11,15H,3,8-10H2,1-2H3/i8D2,10D2. The average Bonchev–Trinajstić information content (AvgIpc) is 2.83. The number of H-pyrrole nitrogens is 1. The molecule has 2 rings (SSSR count). The molecule has 0 amide bonds. The number of fused-ring (bicyclic) bond motifs is 1. The van der Waals surface area contributed by atoms with Gasteiger partial charge in [0.05, 0.1) is 0 Å². The molecule has 1 N–H and O–H groups in total. The van der Waals surface area contributed by atoms with Crippen LogP contribution in [0.3, 0.4) is 0 Å². The van der Waals surface area contributed by atoms with E-state index in [1.807, 2.05) is 31.2 Å². The summed E-state index contributed by atoms with van der Waals surface area (Å²) in [6, 6.07) is 7.38. The zero-order valence-electron chi connectivity index (χ0n) is 13.7. The zero-order valence-corrected chi connectivity index (χ0v) is 9.75. The molecule has 0 aliphatic rings. The van der Waals surface area contributed by atoms with Gasteiger partial charge in [-0.05, 0) is 38.0 Å². The van der Waals surface area contributed by atoms with E-state index in [1.165, 1.54) is 4.90 Å². The Morgan fingerprint density at radius 2 is 2.19 bits per heavy atom. The fourth-order valence-corrected chi connectivity index (χ4v) is 1.72. The predicted octanol–water partition coefficient (Wildman–Crippen LogP) is 3.05. The number of nitrogens with zero attached hydrogens (tertiary/aromatic N) is 1. The number of hydrogen-bond donors (Lipinski definition) is 1. The van der Waals surface area contributed by atoms with Crippen molar-refractivity contribution >= 4 is 10.9 Å². The summed E-state index contributed by atoms with van der Waals surface area (Å²) in [7, 11) is 1.62. The minimum atomic E-state index is -2.10. The number of nitrogens with one attached hydrogen (secondary N) is 1. The van der Waals surface area contributed by atoms with Crippen LogP contribution in [0.1, 0.15) is 24.4 Å². The van der Waals surface area contributed by atoms with Crippen molar-refractivity contribution in [2.75, 3.05) is 20.1 Å². The van der Waals surface area contributed by atoms with Crippen molar-refractivity contribution in [3.8, 4) is 0 Å². The molecule has 0 fully saturated rings. The highest BCUT2D eigenvalue weighted by molar-refractivity contribution is 5.83. The van der Waals surface area contributed by atoms with E-state index in [-0.39, 0.29) is 0 Å². The van der Waals surface area contributed by atoms with Gasteiger partial charge in [0.1, 0.15) is 0 Å². The molecule has 0 saturated heterocycles. The number of hydrogen-bond acceptors (Lipinski definition) is 1. The third kappa shape index (κ3) is 2.45. The maximum Gasteiger partial charge on any atom is 0.0456 e. The normalized spacial score (nSPS) is 16.9. The highest BCUT2D eigenvalue weighted by Crippen LogP contribution is 2.18. The first-order valence-electron chi connectivity index (χ1n) is 7.60. The lowest BCUT2D eigenvalue weighted by atomic mass is 10.1. The lowest BCUT2D eigenvalue weighted by molar-refractivity contribution is 0.339. The Bertz CT molecular complexity index is 592. The first-order chi connectivity index (χ1) is 9.32. The summed E-state index contributed by atoms with van der Waals surface area (Å²) in [5.74, 6) is 0. The summed E-state index contributed by atoms with van der Waals surface area (Å²) in [5, 5.41) is 0.728. The van der Waals surface area contributed by atoms with Crippen LogP contribution in [-0.4, -0.2) is 30.0 Å². The number of aryl methyl sites for hydroxylation is 1. The van der Waals surface area contributed by atoms with Crippen LogP contribution in [0.4, 0.5) is 0 Å². The summed E-state index contributed by atoms with van der Waals surface area (Å²) in [4.78, 5) is 4.45. The molecular weight excluding hydrogens is 196 g/mol. The SMILES string of the molecule is [2H]C([2H])(c1c[nH]c2ccccc12)C([2H])([2H])N(C)CCC. The second-order valence-electron chi connectivity index (χ2n) is 3.91. The highest BCUT2D eigenvalue weighted by Gasteiger charge is 2.03. The largest absolute Gasteiger partial charge is 0.361 e. The van der Waals surface area contributed by atoms with Crippen molar-refractivity contribution in [1.82, 2.24) is 9.88 Å². The molecule has 2 nitrogen and oxygen atoms in total. The van der Waals surface area contributed by atoms with Crippen LogP contribution in [0, 0.1) is 0 Å². The first-order valence-corrected chi connectivity index (χ1v) is 5.60. The third-order valence-corrected chi connectivity index (χ3v) is 2.53. The number of aromatic amines is 1. The Morgan fingerprint density at radius 1 is 1.38 bits per heavy atom. The van der Waals surface area contributed by atoms with Crippen LogP contribution in [0.15, 0.2) is 30.5 Å². The van der Waals surface area contributed by atoms with E-state index in [0.717, 1.165) is 17.3 Å². The first kappa shape index (κ1) is 7.13. The second kappa shape index (κ2) is 5.17. The monoisotopic (exact) mass is 220 g/mol. The van der Waals surface area contributed by atoms with Crippen LogP contribution in [0.2, 0.25) is 0 Å². The maximum atomic E-state index is 8.31. The van der Waals surface area contributed by atoms with Gasteiger partial charge in [-0.25, -0.2) is 0 Å². The Balaban J connectivity index is 2.48. The maximum absolute atomic E-state index is 8.31. The number of aromatic nitrogens is 1. The molecule has 86 valence electrons. The van der Waals surface area contributed by atoms with Gasteiger partial charge in [-0.2, -0.15) is 0 Å². The van der Waals surface area contributed by atoms with Crippen molar-refractivity contribution in [3.05, 3.63) is 36.0 Å². The molecule has 0 spiro atoms.